The van der Waals surface area contributed by atoms with Gasteiger partial charge in [0, 0.05) is 31.9 Å². The Morgan fingerprint density at radius 1 is 1.32 bits per heavy atom. The molecule has 3 rings (SSSR count). The van der Waals surface area contributed by atoms with Gasteiger partial charge in [-0.05, 0) is 32.6 Å². The Bertz CT molecular complexity index is 986. The second-order valence-electron chi connectivity index (χ2n) is 6.07. The topological polar surface area (TPSA) is 119 Å². The third kappa shape index (κ3) is 3.74. The fourth-order valence-corrected chi connectivity index (χ4v) is 4.37. The van der Waals surface area contributed by atoms with E-state index >= 15 is 0 Å². The van der Waals surface area contributed by atoms with Crippen LogP contribution >= 0.6 is 0 Å². The van der Waals surface area contributed by atoms with Gasteiger partial charge in [-0.2, -0.15) is 0 Å². The zero-order chi connectivity index (χ0) is 18.0. The van der Waals surface area contributed by atoms with Crippen molar-refractivity contribution in [1.82, 2.24) is 23.8 Å². The van der Waals surface area contributed by atoms with Crippen molar-refractivity contribution in [2.75, 3.05) is 6.54 Å². The van der Waals surface area contributed by atoms with Crippen LogP contribution in [-0.2, 0) is 29.5 Å². The van der Waals surface area contributed by atoms with Gasteiger partial charge in [-0.1, -0.05) is 0 Å². The Labute approximate surface area is 144 Å². The van der Waals surface area contributed by atoms with E-state index in [2.05, 4.69) is 14.7 Å². The molecular weight excluding hydrogens is 346 g/mol. The average molecular weight is 367 g/mol. The lowest BCUT2D eigenvalue weighted by molar-refractivity contribution is 0.513. The molecule has 3 heterocycles. The summed E-state index contributed by atoms with van der Waals surface area (Å²) < 4.78 is 30.9. The molecule has 0 spiro atoms. The molecule has 25 heavy (non-hydrogen) atoms. The molecule has 2 aromatic rings. The first-order valence-corrected chi connectivity index (χ1v) is 9.72. The molecule has 2 N–H and O–H groups in total. The summed E-state index contributed by atoms with van der Waals surface area (Å²) in [6.45, 7) is 3.10. The molecular formula is C15H21N5O4S. The predicted molar refractivity (Wildman–Crippen MR) is 91.0 cm³/mol. The number of aromatic amines is 1. The number of nitrogens with one attached hydrogen (secondary N) is 2. The predicted octanol–water partition coefficient (Wildman–Crippen LogP) is -0.254. The Hall–Kier alpha value is -2.20. The van der Waals surface area contributed by atoms with Gasteiger partial charge in [0.1, 0.15) is 5.82 Å². The van der Waals surface area contributed by atoms with Crippen LogP contribution in [0, 0.1) is 6.92 Å². The van der Waals surface area contributed by atoms with Crippen LogP contribution in [0.15, 0.2) is 26.9 Å². The number of aryl methyl sites for hydroxylation is 2. The highest BCUT2D eigenvalue weighted by molar-refractivity contribution is 7.89. The van der Waals surface area contributed by atoms with Gasteiger partial charge >= 0.3 is 5.69 Å². The van der Waals surface area contributed by atoms with Crippen LogP contribution < -0.4 is 16.0 Å². The minimum atomic E-state index is -3.68. The molecule has 0 saturated heterocycles. The maximum absolute atomic E-state index is 12.5. The van der Waals surface area contributed by atoms with Gasteiger partial charge in [-0.3, -0.25) is 9.78 Å². The third-order valence-corrected chi connectivity index (χ3v) is 5.71. The third-order valence-electron chi connectivity index (χ3n) is 4.29. The van der Waals surface area contributed by atoms with Crippen LogP contribution in [0.4, 0.5) is 0 Å². The molecule has 0 saturated carbocycles. The molecule has 10 heteroatoms. The second-order valence-corrected chi connectivity index (χ2v) is 7.76. The van der Waals surface area contributed by atoms with Crippen molar-refractivity contribution in [1.29, 1.82) is 0 Å². The Kier molecular flexibility index (Phi) is 4.91. The van der Waals surface area contributed by atoms with E-state index in [1.54, 1.807) is 0 Å². The number of H-pyrrole nitrogens is 1. The number of rotatable bonds is 6. The summed E-state index contributed by atoms with van der Waals surface area (Å²) in [5, 5.41) is 0.117. The van der Waals surface area contributed by atoms with Crippen LogP contribution in [0.1, 0.15) is 30.8 Å². The lowest BCUT2D eigenvalue weighted by Crippen LogP contribution is -2.31. The molecule has 0 amide bonds. The van der Waals surface area contributed by atoms with E-state index in [-0.39, 0.29) is 11.6 Å². The fraction of sp³-hybridized carbons (Fsp3) is 0.533. The number of sulfonamides is 1. The van der Waals surface area contributed by atoms with Crippen LogP contribution in [0.25, 0.3) is 0 Å². The minimum absolute atomic E-state index is 0.117. The molecule has 2 aromatic heterocycles. The van der Waals surface area contributed by atoms with E-state index in [1.165, 1.54) is 16.8 Å². The Morgan fingerprint density at radius 3 is 2.88 bits per heavy atom. The van der Waals surface area contributed by atoms with Crippen molar-refractivity contribution in [2.45, 2.75) is 50.7 Å². The first-order valence-electron chi connectivity index (χ1n) is 8.24. The van der Waals surface area contributed by atoms with Crippen LogP contribution in [0.5, 0.6) is 0 Å². The number of nitrogens with zero attached hydrogens (tertiary/aromatic N) is 3. The lowest BCUT2D eigenvalue weighted by Gasteiger charge is -2.16. The molecule has 0 bridgehead atoms. The summed E-state index contributed by atoms with van der Waals surface area (Å²) >= 11 is 0. The normalized spacial score (nSPS) is 14.4. The summed E-state index contributed by atoms with van der Waals surface area (Å²) in [5.41, 5.74) is -0.191. The van der Waals surface area contributed by atoms with Gasteiger partial charge in [-0.15, -0.1) is 0 Å². The van der Waals surface area contributed by atoms with Gasteiger partial charge in [0.2, 0.25) is 0 Å². The van der Waals surface area contributed by atoms with Crippen molar-refractivity contribution in [3.05, 3.63) is 44.6 Å². The minimum Gasteiger partial charge on any atom is -0.331 e. The number of aromatic nitrogens is 4. The Morgan fingerprint density at radius 2 is 2.12 bits per heavy atom. The van der Waals surface area contributed by atoms with E-state index in [0.717, 1.165) is 30.9 Å². The molecule has 0 radical (unpaired) electrons. The molecule has 0 aromatic carbocycles. The number of hydrogen-bond donors (Lipinski definition) is 2. The van der Waals surface area contributed by atoms with Gasteiger partial charge in [0.25, 0.3) is 15.6 Å². The van der Waals surface area contributed by atoms with Crippen molar-refractivity contribution in [3.63, 3.8) is 0 Å². The summed E-state index contributed by atoms with van der Waals surface area (Å²) in [6, 6.07) is 1.26. The van der Waals surface area contributed by atoms with Gasteiger partial charge < -0.3 is 9.13 Å². The van der Waals surface area contributed by atoms with Gasteiger partial charge in [0.05, 0.1) is 5.69 Å². The maximum Gasteiger partial charge on any atom is 0.328 e. The van der Waals surface area contributed by atoms with Crippen LogP contribution in [0.3, 0.4) is 0 Å². The zero-order valence-corrected chi connectivity index (χ0v) is 14.8. The zero-order valence-electron chi connectivity index (χ0n) is 14.0. The first-order chi connectivity index (χ1) is 11.9. The highest BCUT2D eigenvalue weighted by Gasteiger charge is 2.26. The molecule has 0 atom stereocenters. The highest BCUT2D eigenvalue weighted by Crippen LogP contribution is 2.23. The molecule has 0 aliphatic carbocycles. The summed E-state index contributed by atoms with van der Waals surface area (Å²) in [6.07, 6.45) is 4.52. The average Bonchev–Trinajstić information content (AvgIpc) is 2.91. The number of hydrogen-bond acceptors (Lipinski definition) is 5. The van der Waals surface area contributed by atoms with E-state index < -0.39 is 21.3 Å². The monoisotopic (exact) mass is 367 g/mol. The highest BCUT2D eigenvalue weighted by atomic mass is 32.2. The molecule has 9 nitrogen and oxygen atoms in total. The smallest absolute Gasteiger partial charge is 0.328 e. The van der Waals surface area contributed by atoms with E-state index in [1.807, 2.05) is 11.5 Å². The second kappa shape index (κ2) is 6.96. The molecule has 0 unspecified atom stereocenters. The number of imidazole rings is 1. The van der Waals surface area contributed by atoms with Crippen molar-refractivity contribution < 1.29 is 8.42 Å². The van der Waals surface area contributed by atoms with Gasteiger partial charge in [-0.25, -0.2) is 22.9 Å². The molecule has 1 aliphatic rings. The fourth-order valence-electron chi connectivity index (χ4n) is 3.04. The lowest BCUT2D eigenvalue weighted by atomic mass is 10.1. The standard InChI is InChI=1S/C15H21N5O4S/c1-11-17-14(12-5-2-3-9-20(11)12)25(23,24)16-7-4-8-19-10-6-13(21)18-15(19)22/h6,10,16H,2-5,7-9H2,1H3,(H,18,21,22). The van der Waals surface area contributed by atoms with E-state index in [0.29, 0.717) is 19.4 Å². The summed E-state index contributed by atoms with van der Waals surface area (Å²) in [5.74, 6) is 0.717. The van der Waals surface area contributed by atoms with Gasteiger partial charge in [0.15, 0.2) is 5.03 Å². The van der Waals surface area contributed by atoms with Crippen molar-refractivity contribution in [2.24, 2.45) is 0 Å². The van der Waals surface area contributed by atoms with E-state index in [4.69, 9.17) is 0 Å². The first kappa shape index (κ1) is 17.6. The van der Waals surface area contributed by atoms with Crippen LogP contribution in [0.2, 0.25) is 0 Å². The van der Waals surface area contributed by atoms with Crippen molar-refractivity contribution >= 4 is 10.0 Å². The van der Waals surface area contributed by atoms with Crippen LogP contribution in [-0.4, -0.2) is 34.1 Å². The largest absolute Gasteiger partial charge is 0.331 e. The van der Waals surface area contributed by atoms with E-state index in [9.17, 15) is 18.0 Å². The summed E-state index contributed by atoms with van der Waals surface area (Å²) in [7, 11) is -3.68. The van der Waals surface area contributed by atoms with Crippen molar-refractivity contribution in [3.8, 4) is 0 Å². The quantitative estimate of drug-likeness (QED) is 0.682. The maximum atomic E-state index is 12.5. The number of fused-ring (bicyclic) bond motifs is 1. The molecule has 1 aliphatic heterocycles. The summed E-state index contributed by atoms with van der Waals surface area (Å²) in [4.78, 5) is 29.0. The Balaban J connectivity index is 1.65. The SMILES string of the molecule is Cc1nc(S(=O)(=O)NCCCn2ccc(=O)[nH]c2=O)c2n1CCCC2. The molecule has 136 valence electrons. The molecule has 0 fully saturated rings.